The molecule has 0 amide bonds. The zero-order valence-electron chi connectivity index (χ0n) is 15.2. The van der Waals surface area contributed by atoms with Gasteiger partial charge in [0, 0.05) is 26.6 Å². The molecule has 0 fully saturated rings. The molecule has 1 heterocycles. The molecule has 2 aromatic carbocycles. The molecule has 0 aliphatic rings. The maximum absolute atomic E-state index is 4.68. The van der Waals surface area contributed by atoms with Crippen molar-refractivity contribution in [2.45, 2.75) is 26.3 Å². The van der Waals surface area contributed by atoms with Crippen molar-refractivity contribution in [2.24, 2.45) is 4.99 Å². The first kappa shape index (κ1) is 20.6. The standard InChI is InChI=1S/C20H24N4S.HI/c1-15-7-5-8-16(13-15)14-23-20(21-2)22-12-6-11-19-24-17-9-3-4-10-18(17)25-19;/h3-5,7-10,13H,6,11-12,14H2,1-2H3,(H2,21,22,23);1H. The number of benzene rings is 2. The molecule has 6 heteroatoms. The van der Waals surface area contributed by atoms with Gasteiger partial charge in [0.2, 0.25) is 0 Å². The monoisotopic (exact) mass is 480 g/mol. The molecular weight excluding hydrogens is 455 g/mol. The highest BCUT2D eigenvalue weighted by atomic mass is 127. The van der Waals surface area contributed by atoms with Gasteiger partial charge in [-0.25, -0.2) is 4.98 Å². The van der Waals surface area contributed by atoms with Gasteiger partial charge in [0.05, 0.1) is 15.2 Å². The average molecular weight is 480 g/mol. The van der Waals surface area contributed by atoms with Crippen molar-refractivity contribution >= 4 is 51.5 Å². The van der Waals surface area contributed by atoms with Gasteiger partial charge in [-0.1, -0.05) is 42.0 Å². The number of aromatic nitrogens is 1. The fourth-order valence-corrected chi connectivity index (χ4v) is 3.71. The maximum Gasteiger partial charge on any atom is 0.191 e. The van der Waals surface area contributed by atoms with Gasteiger partial charge in [0.15, 0.2) is 5.96 Å². The van der Waals surface area contributed by atoms with Crippen molar-refractivity contribution in [3.8, 4) is 0 Å². The van der Waals surface area contributed by atoms with Crippen LogP contribution in [-0.4, -0.2) is 24.5 Å². The molecule has 0 aliphatic carbocycles. The van der Waals surface area contributed by atoms with E-state index in [1.165, 1.54) is 20.8 Å². The number of para-hydroxylation sites is 1. The summed E-state index contributed by atoms with van der Waals surface area (Å²) in [6.45, 7) is 3.77. The van der Waals surface area contributed by atoms with E-state index in [9.17, 15) is 0 Å². The molecule has 0 spiro atoms. The summed E-state index contributed by atoms with van der Waals surface area (Å²) in [5, 5.41) is 7.93. The molecule has 2 N–H and O–H groups in total. The van der Waals surface area contributed by atoms with E-state index in [0.29, 0.717) is 0 Å². The van der Waals surface area contributed by atoms with Crippen LogP contribution >= 0.6 is 35.3 Å². The maximum atomic E-state index is 4.68. The summed E-state index contributed by atoms with van der Waals surface area (Å²) in [6.07, 6.45) is 2.02. The molecule has 0 unspecified atom stereocenters. The number of thiazole rings is 1. The van der Waals surface area contributed by atoms with Crippen molar-refractivity contribution in [3.63, 3.8) is 0 Å². The third-order valence-electron chi connectivity index (χ3n) is 3.96. The average Bonchev–Trinajstić information content (AvgIpc) is 3.04. The molecule has 0 bridgehead atoms. The number of halogens is 1. The fraction of sp³-hybridized carbons (Fsp3) is 0.300. The van der Waals surface area contributed by atoms with E-state index in [1.807, 2.05) is 6.07 Å². The number of hydrogen-bond donors (Lipinski definition) is 2. The third kappa shape index (κ3) is 5.95. The van der Waals surface area contributed by atoms with Gasteiger partial charge in [0.25, 0.3) is 0 Å². The molecule has 0 radical (unpaired) electrons. The molecule has 26 heavy (non-hydrogen) atoms. The second kappa shape index (κ2) is 10.5. The summed E-state index contributed by atoms with van der Waals surface area (Å²) in [5.74, 6) is 0.839. The quantitative estimate of drug-likeness (QED) is 0.236. The van der Waals surface area contributed by atoms with Crippen molar-refractivity contribution in [1.29, 1.82) is 0 Å². The second-order valence-corrected chi connectivity index (χ2v) is 7.14. The van der Waals surface area contributed by atoms with E-state index < -0.39 is 0 Å². The Morgan fingerprint density at radius 1 is 1.12 bits per heavy atom. The van der Waals surface area contributed by atoms with E-state index >= 15 is 0 Å². The Balaban J connectivity index is 0.00000243. The second-order valence-electron chi connectivity index (χ2n) is 6.02. The summed E-state index contributed by atoms with van der Waals surface area (Å²) in [5.41, 5.74) is 3.64. The van der Waals surface area contributed by atoms with Crippen molar-refractivity contribution in [2.75, 3.05) is 13.6 Å². The van der Waals surface area contributed by atoms with E-state index in [1.54, 1.807) is 18.4 Å². The molecule has 4 nitrogen and oxygen atoms in total. The highest BCUT2D eigenvalue weighted by Crippen LogP contribution is 2.22. The molecular formula is C20H25IN4S. The SMILES string of the molecule is CN=C(NCCCc1nc2ccccc2s1)NCc1cccc(C)c1.I. The topological polar surface area (TPSA) is 49.3 Å². The Morgan fingerprint density at radius 3 is 2.73 bits per heavy atom. The number of fused-ring (bicyclic) bond motifs is 1. The molecule has 1 aromatic heterocycles. The predicted molar refractivity (Wildman–Crippen MR) is 123 cm³/mol. The van der Waals surface area contributed by atoms with Crippen LogP contribution in [0.15, 0.2) is 53.5 Å². The van der Waals surface area contributed by atoms with E-state index in [2.05, 4.69) is 70.0 Å². The Morgan fingerprint density at radius 2 is 1.96 bits per heavy atom. The minimum atomic E-state index is 0. The van der Waals surface area contributed by atoms with E-state index in [-0.39, 0.29) is 24.0 Å². The van der Waals surface area contributed by atoms with Crippen LogP contribution in [0.4, 0.5) is 0 Å². The molecule has 0 aliphatic heterocycles. The number of nitrogens with one attached hydrogen (secondary N) is 2. The van der Waals surface area contributed by atoms with Gasteiger partial charge in [-0.05, 0) is 31.0 Å². The smallest absolute Gasteiger partial charge is 0.191 e. The summed E-state index contributed by atoms with van der Waals surface area (Å²) >= 11 is 1.79. The van der Waals surface area contributed by atoms with Crippen molar-refractivity contribution in [3.05, 3.63) is 64.7 Å². The normalized spacial score (nSPS) is 11.2. The molecule has 0 saturated heterocycles. The van der Waals surface area contributed by atoms with Crippen LogP contribution in [-0.2, 0) is 13.0 Å². The number of nitrogens with zero attached hydrogens (tertiary/aromatic N) is 2. The predicted octanol–water partition coefficient (Wildman–Crippen LogP) is 4.52. The molecule has 3 aromatic rings. The lowest BCUT2D eigenvalue weighted by molar-refractivity contribution is 0.740. The molecule has 138 valence electrons. The number of rotatable bonds is 6. The van der Waals surface area contributed by atoms with Crippen LogP contribution in [0.5, 0.6) is 0 Å². The van der Waals surface area contributed by atoms with Gasteiger partial charge >= 0.3 is 0 Å². The largest absolute Gasteiger partial charge is 0.356 e. The summed E-state index contributed by atoms with van der Waals surface area (Å²) in [4.78, 5) is 8.96. The first-order valence-electron chi connectivity index (χ1n) is 8.59. The first-order chi connectivity index (χ1) is 12.2. The van der Waals surface area contributed by atoms with Gasteiger partial charge in [-0.15, -0.1) is 35.3 Å². The highest BCUT2D eigenvalue weighted by molar-refractivity contribution is 14.0. The van der Waals surface area contributed by atoms with Crippen LogP contribution in [0.25, 0.3) is 10.2 Å². The van der Waals surface area contributed by atoms with Gasteiger partial charge in [0.1, 0.15) is 0 Å². The number of aliphatic imine (C=N–C) groups is 1. The number of guanidine groups is 1. The summed E-state index contributed by atoms with van der Waals surface area (Å²) < 4.78 is 1.26. The van der Waals surface area contributed by atoms with Crippen LogP contribution in [0.1, 0.15) is 22.6 Å². The Kier molecular flexibility index (Phi) is 8.31. The van der Waals surface area contributed by atoms with Crippen LogP contribution in [0, 0.1) is 6.92 Å². The van der Waals surface area contributed by atoms with Crippen LogP contribution in [0.2, 0.25) is 0 Å². The third-order valence-corrected chi connectivity index (χ3v) is 5.06. The Labute approximate surface area is 176 Å². The minimum Gasteiger partial charge on any atom is -0.356 e. The Hall–Kier alpha value is -1.67. The van der Waals surface area contributed by atoms with Gasteiger partial charge < -0.3 is 10.6 Å². The summed E-state index contributed by atoms with van der Waals surface area (Å²) in [6, 6.07) is 16.8. The first-order valence-corrected chi connectivity index (χ1v) is 9.41. The number of aryl methyl sites for hydroxylation is 2. The highest BCUT2D eigenvalue weighted by Gasteiger charge is 2.03. The summed E-state index contributed by atoms with van der Waals surface area (Å²) in [7, 11) is 1.80. The molecule has 3 rings (SSSR count). The lowest BCUT2D eigenvalue weighted by atomic mass is 10.1. The lowest BCUT2D eigenvalue weighted by Crippen LogP contribution is -2.37. The number of hydrogen-bond acceptors (Lipinski definition) is 3. The van der Waals surface area contributed by atoms with Crippen LogP contribution < -0.4 is 10.6 Å². The minimum absolute atomic E-state index is 0. The van der Waals surface area contributed by atoms with Crippen LogP contribution in [0.3, 0.4) is 0 Å². The van der Waals surface area contributed by atoms with E-state index in [0.717, 1.165) is 37.4 Å². The molecule has 0 saturated carbocycles. The fourth-order valence-electron chi connectivity index (χ4n) is 2.70. The van der Waals surface area contributed by atoms with Crippen molar-refractivity contribution in [1.82, 2.24) is 15.6 Å². The lowest BCUT2D eigenvalue weighted by Gasteiger charge is -2.12. The van der Waals surface area contributed by atoms with Gasteiger partial charge in [-0.2, -0.15) is 0 Å². The van der Waals surface area contributed by atoms with Crippen molar-refractivity contribution < 1.29 is 0 Å². The zero-order chi connectivity index (χ0) is 17.5. The van der Waals surface area contributed by atoms with E-state index in [4.69, 9.17) is 0 Å². The Bertz CT molecular complexity index is 827. The molecule has 0 atom stereocenters. The van der Waals surface area contributed by atoms with Gasteiger partial charge in [-0.3, -0.25) is 4.99 Å². The zero-order valence-corrected chi connectivity index (χ0v) is 18.3.